The van der Waals surface area contributed by atoms with Gasteiger partial charge in [0.1, 0.15) is 5.75 Å². The third-order valence-corrected chi connectivity index (χ3v) is 3.20. The molecule has 0 radical (unpaired) electrons. The van der Waals surface area contributed by atoms with Crippen LogP contribution in [0.4, 0.5) is 0 Å². The van der Waals surface area contributed by atoms with E-state index in [-0.39, 0.29) is 24.8 Å². The van der Waals surface area contributed by atoms with Gasteiger partial charge in [-0.15, -0.1) is 0 Å². The summed E-state index contributed by atoms with van der Waals surface area (Å²) in [5, 5.41) is 0. The molecule has 0 fully saturated rings. The number of rotatable bonds is 9. The van der Waals surface area contributed by atoms with E-state index in [1.165, 1.54) is 0 Å². The topological polar surface area (TPSA) is 52.6 Å². The van der Waals surface area contributed by atoms with E-state index in [2.05, 4.69) is 6.92 Å². The van der Waals surface area contributed by atoms with Gasteiger partial charge in [0.05, 0.1) is 6.61 Å². The predicted molar refractivity (Wildman–Crippen MR) is 85.9 cm³/mol. The van der Waals surface area contributed by atoms with Crippen molar-refractivity contribution in [1.82, 2.24) is 0 Å². The first-order valence-electron chi connectivity index (χ1n) is 7.96. The summed E-state index contributed by atoms with van der Waals surface area (Å²) in [6.07, 6.45) is 4.00. The van der Waals surface area contributed by atoms with Gasteiger partial charge in [0.15, 0.2) is 0 Å². The zero-order valence-corrected chi connectivity index (χ0v) is 13.8. The van der Waals surface area contributed by atoms with Crippen molar-refractivity contribution in [1.29, 1.82) is 0 Å². The first kappa shape index (κ1) is 18.2. The smallest absolute Gasteiger partial charge is 0.311 e. The van der Waals surface area contributed by atoms with E-state index in [0.717, 1.165) is 30.4 Å². The third kappa shape index (κ3) is 7.81. The lowest BCUT2D eigenvalue weighted by atomic mass is 10.1. The molecule has 0 aliphatic heterocycles. The van der Waals surface area contributed by atoms with Crippen molar-refractivity contribution in [3.05, 3.63) is 29.3 Å². The summed E-state index contributed by atoms with van der Waals surface area (Å²) < 4.78 is 10.4. The first-order valence-corrected chi connectivity index (χ1v) is 7.96. The molecule has 0 aliphatic rings. The molecule has 22 heavy (non-hydrogen) atoms. The van der Waals surface area contributed by atoms with Crippen molar-refractivity contribution in [2.45, 2.75) is 59.3 Å². The highest BCUT2D eigenvalue weighted by atomic mass is 16.5. The number of hydrogen-bond donors (Lipinski definition) is 0. The van der Waals surface area contributed by atoms with Gasteiger partial charge in [-0.25, -0.2) is 0 Å². The monoisotopic (exact) mass is 306 g/mol. The van der Waals surface area contributed by atoms with Crippen LogP contribution in [0.3, 0.4) is 0 Å². The van der Waals surface area contributed by atoms with Gasteiger partial charge in [0.2, 0.25) is 0 Å². The molecule has 0 bridgehead atoms. The van der Waals surface area contributed by atoms with Crippen molar-refractivity contribution in [3.63, 3.8) is 0 Å². The number of esters is 2. The molecule has 0 N–H and O–H groups in total. The van der Waals surface area contributed by atoms with Gasteiger partial charge in [0, 0.05) is 12.8 Å². The summed E-state index contributed by atoms with van der Waals surface area (Å²) in [5.74, 6) is 0.00345. The molecule has 0 atom stereocenters. The summed E-state index contributed by atoms with van der Waals surface area (Å²) in [6, 6.07) is 5.67. The molecule has 0 aromatic heterocycles. The van der Waals surface area contributed by atoms with E-state index >= 15 is 0 Å². The van der Waals surface area contributed by atoms with Crippen LogP contribution in [0, 0.1) is 13.8 Å². The Kier molecular flexibility index (Phi) is 8.26. The fourth-order valence-corrected chi connectivity index (χ4v) is 2.16. The average molecular weight is 306 g/mol. The van der Waals surface area contributed by atoms with Crippen LogP contribution >= 0.6 is 0 Å². The highest BCUT2D eigenvalue weighted by Gasteiger charge is 2.09. The number of unbranched alkanes of at least 4 members (excludes halogenated alkanes) is 2. The first-order chi connectivity index (χ1) is 10.5. The Hall–Kier alpha value is -1.84. The second-order valence-corrected chi connectivity index (χ2v) is 5.58. The van der Waals surface area contributed by atoms with Gasteiger partial charge in [-0.1, -0.05) is 25.8 Å². The quantitative estimate of drug-likeness (QED) is 0.391. The molecule has 0 saturated carbocycles. The zero-order chi connectivity index (χ0) is 16.4. The normalized spacial score (nSPS) is 10.3. The van der Waals surface area contributed by atoms with Crippen LogP contribution in [-0.2, 0) is 14.3 Å². The molecule has 4 nitrogen and oxygen atoms in total. The highest BCUT2D eigenvalue weighted by Crippen LogP contribution is 2.17. The number of carbonyl (C=O) groups excluding carboxylic acids is 2. The molecule has 0 amide bonds. The largest absolute Gasteiger partial charge is 0.466 e. The van der Waals surface area contributed by atoms with E-state index in [9.17, 15) is 9.59 Å². The van der Waals surface area contributed by atoms with E-state index in [1.54, 1.807) is 0 Å². The van der Waals surface area contributed by atoms with Crippen LogP contribution in [-0.4, -0.2) is 18.5 Å². The number of ether oxygens (including phenoxy) is 2. The molecular formula is C18H26O4. The van der Waals surface area contributed by atoms with Crippen molar-refractivity contribution in [3.8, 4) is 5.75 Å². The van der Waals surface area contributed by atoms with Crippen LogP contribution in [0.15, 0.2) is 18.2 Å². The molecule has 0 unspecified atom stereocenters. The van der Waals surface area contributed by atoms with Gasteiger partial charge in [0.25, 0.3) is 0 Å². The van der Waals surface area contributed by atoms with Crippen molar-refractivity contribution < 1.29 is 19.1 Å². The van der Waals surface area contributed by atoms with Crippen molar-refractivity contribution in [2.24, 2.45) is 0 Å². The average Bonchev–Trinajstić information content (AvgIpc) is 2.42. The van der Waals surface area contributed by atoms with Gasteiger partial charge in [-0.2, -0.15) is 0 Å². The van der Waals surface area contributed by atoms with Gasteiger partial charge < -0.3 is 9.47 Å². The highest BCUT2D eigenvalue weighted by molar-refractivity contribution is 5.74. The minimum absolute atomic E-state index is 0.219. The number of carbonyl (C=O) groups is 2. The molecule has 1 aromatic carbocycles. The molecule has 0 aliphatic carbocycles. The SMILES string of the molecule is CCCCCOC(=O)CCCC(=O)Oc1cc(C)cc(C)c1. The molecule has 0 heterocycles. The maximum Gasteiger partial charge on any atom is 0.311 e. The number of aryl methyl sites for hydroxylation is 2. The minimum atomic E-state index is -0.316. The van der Waals surface area contributed by atoms with E-state index in [0.29, 0.717) is 18.8 Å². The number of hydrogen-bond acceptors (Lipinski definition) is 4. The predicted octanol–water partition coefficient (Wildman–Crippen LogP) is 4.11. The molecule has 1 aromatic rings. The van der Waals surface area contributed by atoms with Crippen LogP contribution in [0.1, 0.15) is 56.6 Å². The summed E-state index contributed by atoms with van der Waals surface area (Å²) in [4.78, 5) is 23.2. The lowest BCUT2D eigenvalue weighted by Crippen LogP contribution is -2.10. The number of benzene rings is 1. The maximum atomic E-state index is 11.7. The molecular weight excluding hydrogens is 280 g/mol. The summed E-state index contributed by atoms with van der Waals surface area (Å²) >= 11 is 0. The molecule has 122 valence electrons. The van der Waals surface area contributed by atoms with Gasteiger partial charge in [-0.05, 0) is 49.9 Å². The summed E-state index contributed by atoms with van der Waals surface area (Å²) in [6.45, 7) is 6.49. The van der Waals surface area contributed by atoms with Crippen LogP contribution < -0.4 is 4.74 Å². The van der Waals surface area contributed by atoms with Crippen LogP contribution in [0.25, 0.3) is 0 Å². The van der Waals surface area contributed by atoms with Gasteiger partial charge >= 0.3 is 11.9 Å². The third-order valence-electron chi connectivity index (χ3n) is 3.20. The fourth-order valence-electron chi connectivity index (χ4n) is 2.16. The lowest BCUT2D eigenvalue weighted by molar-refractivity contribution is -0.144. The maximum absolute atomic E-state index is 11.7. The van der Waals surface area contributed by atoms with E-state index < -0.39 is 0 Å². The molecule has 1 rings (SSSR count). The van der Waals surface area contributed by atoms with Gasteiger partial charge in [-0.3, -0.25) is 9.59 Å². The van der Waals surface area contributed by atoms with Crippen molar-refractivity contribution in [2.75, 3.05) is 6.61 Å². The Balaban J connectivity index is 2.21. The Bertz CT molecular complexity index is 474. The minimum Gasteiger partial charge on any atom is -0.466 e. The summed E-state index contributed by atoms with van der Waals surface area (Å²) in [5.41, 5.74) is 2.11. The second kappa shape index (κ2) is 9.98. The second-order valence-electron chi connectivity index (χ2n) is 5.58. The molecule has 0 saturated heterocycles. The Morgan fingerprint density at radius 3 is 2.18 bits per heavy atom. The Labute approximate surface area is 132 Å². The standard InChI is InChI=1S/C18H26O4/c1-4-5-6-10-21-17(19)8-7-9-18(20)22-16-12-14(2)11-15(3)13-16/h11-13H,4-10H2,1-3H3. The Morgan fingerprint density at radius 2 is 1.55 bits per heavy atom. The lowest BCUT2D eigenvalue weighted by Gasteiger charge is -2.07. The van der Waals surface area contributed by atoms with Crippen LogP contribution in [0.2, 0.25) is 0 Å². The van der Waals surface area contributed by atoms with E-state index in [1.807, 2.05) is 32.0 Å². The van der Waals surface area contributed by atoms with E-state index in [4.69, 9.17) is 9.47 Å². The van der Waals surface area contributed by atoms with Crippen molar-refractivity contribution >= 4 is 11.9 Å². The Morgan fingerprint density at radius 1 is 0.909 bits per heavy atom. The molecule has 0 spiro atoms. The van der Waals surface area contributed by atoms with Crippen LogP contribution in [0.5, 0.6) is 5.75 Å². The summed E-state index contributed by atoms with van der Waals surface area (Å²) in [7, 11) is 0. The zero-order valence-electron chi connectivity index (χ0n) is 13.8. The molecule has 4 heteroatoms. The fraction of sp³-hybridized carbons (Fsp3) is 0.556.